The van der Waals surface area contributed by atoms with E-state index in [1.54, 1.807) is 6.07 Å². The van der Waals surface area contributed by atoms with Crippen LogP contribution in [0.1, 0.15) is 82.8 Å². The lowest BCUT2D eigenvalue weighted by atomic mass is 9.76. The highest BCUT2D eigenvalue weighted by molar-refractivity contribution is 6.33. The van der Waals surface area contributed by atoms with Crippen LogP contribution < -0.4 is 5.32 Å². The van der Waals surface area contributed by atoms with Crippen molar-refractivity contribution in [1.82, 2.24) is 4.98 Å². The number of allylic oxidation sites excluding steroid dienone is 1. The average molecular weight is 542 g/mol. The highest BCUT2D eigenvalue weighted by Gasteiger charge is 2.39. The molecule has 4 rings (SSSR count). The number of pyridine rings is 1. The van der Waals surface area contributed by atoms with E-state index in [-0.39, 0.29) is 12.1 Å². The second kappa shape index (κ2) is 13.2. The molecule has 1 aromatic heterocycles. The van der Waals surface area contributed by atoms with Crippen molar-refractivity contribution in [3.63, 3.8) is 0 Å². The molecule has 0 spiro atoms. The maximum atomic E-state index is 14.1. The van der Waals surface area contributed by atoms with Gasteiger partial charge >= 0.3 is 0 Å². The van der Waals surface area contributed by atoms with Gasteiger partial charge in [0.1, 0.15) is 17.5 Å². The van der Waals surface area contributed by atoms with Crippen LogP contribution in [0.3, 0.4) is 0 Å². The Bertz CT molecular complexity index is 1120. The molecule has 1 N–H and O–H groups in total. The fourth-order valence-electron chi connectivity index (χ4n) is 6.33. The van der Waals surface area contributed by atoms with Crippen LogP contribution in [-0.4, -0.2) is 10.7 Å². The minimum Gasteiger partial charge on any atom is -0.364 e. The molecule has 0 saturated heterocycles. The molecule has 1 heterocycles. The van der Waals surface area contributed by atoms with Gasteiger partial charge in [0.25, 0.3) is 0 Å². The Morgan fingerprint density at radius 1 is 1.24 bits per heavy atom. The Labute approximate surface area is 232 Å². The van der Waals surface area contributed by atoms with Gasteiger partial charge in [0.05, 0.1) is 5.02 Å². The van der Waals surface area contributed by atoms with Gasteiger partial charge in [-0.1, -0.05) is 43.5 Å². The normalized spacial score (nSPS) is 22.5. The molecule has 3 unspecified atom stereocenters. The number of unbranched alkanes of at least 4 members (excludes halogenated alkanes) is 1. The Balaban J connectivity index is 1.41. The monoisotopic (exact) mass is 541 g/mol. The summed E-state index contributed by atoms with van der Waals surface area (Å²) in [4.78, 5) is 9.51. The maximum absolute atomic E-state index is 14.1. The zero-order valence-electron chi connectivity index (χ0n) is 23.1. The quantitative estimate of drug-likeness (QED) is 0.156. The molecule has 2 saturated carbocycles. The molecule has 0 aliphatic heterocycles. The Morgan fingerprint density at radius 2 is 1.97 bits per heavy atom. The first-order valence-corrected chi connectivity index (χ1v) is 14.6. The smallest absolute Gasteiger partial charge is 0.157 e. The minimum absolute atomic E-state index is 0.0403. The number of anilines is 1. The second-order valence-corrected chi connectivity index (χ2v) is 12.0. The summed E-state index contributed by atoms with van der Waals surface area (Å²) in [5.74, 6) is 3.73. The molecule has 38 heavy (non-hydrogen) atoms. The van der Waals surface area contributed by atoms with Crippen LogP contribution in [0.5, 0.6) is 0 Å². The van der Waals surface area contributed by atoms with Crippen LogP contribution in [0.15, 0.2) is 41.9 Å². The lowest BCUT2D eigenvalue weighted by molar-refractivity contribution is 0.213. The summed E-state index contributed by atoms with van der Waals surface area (Å²) in [6.07, 6.45) is 13.6. The summed E-state index contributed by atoms with van der Waals surface area (Å²) in [5, 5.41) is 3.40. The van der Waals surface area contributed by atoms with Crippen molar-refractivity contribution >= 4 is 28.9 Å². The topological polar surface area (TPSA) is 37.3 Å². The largest absolute Gasteiger partial charge is 0.364 e. The average Bonchev–Trinajstić information content (AvgIpc) is 3.62. The Hall–Kier alpha value is -2.27. The number of aryl methyl sites for hydroxylation is 1. The molecule has 4 atom stereocenters. The molecule has 1 aromatic carbocycles. The van der Waals surface area contributed by atoms with Crippen LogP contribution >= 0.6 is 11.6 Å². The van der Waals surface area contributed by atoms with Crippen LogP contribution in [-0.2, 0) is 6.54 Å². The summed E-state index contributed by atoms with van der Waals surface area (Å²) in [5.41, 5.74) is 1.90. The first-order chi connectivity index (χ1) is 18.3. The van der Waals surface area contributed by atoms with Crippen LogP contribution in [0.2, 0.25) is 5.02 Å². The van der Waals surface area contributed by atoms with E-state index in [4.69, 9.17) is 16.6 Å². The minimum atomic E-state index is -0.598. The number of hydrogen-bond donors (Lipinski definition) is 1. The fourth-order valence-corrected chi connectivity index (χ4v) is 6.61. The first kappa shape index (κ1) is 28.7. The predicted molar refractivity (Wildman–Crippen MR) is 155 cm³/mol. The summed E-state index contributed by atoms with van der Waals surface area (Å²) in [6.45, 7) is 10.3. The van der Waals surface area contributed by atoms with E-state index in [9.17, 15) is 8.78 Å². The number of aliphatic imine (C=N–C) groups is 1. The molecule has 2 aliphatic carbocycles. The van der Waals surface area contributed by atoms with E-state index in [2.05, 4.69) is 36.8 Å². The number of nitrogens with zero attached hydrogens (tertiary/aromatic N) is 2. The van der Waals surface area contributed by atoms with E-state index < -0.39 is 11.6 Å². The van der Waals surface area contributed by atoms with Crippen molar-refractivity contribution in [2.75, 3.05) is 5.32 Å². The zero-order chi connectivity index (χ0) is 27.2. The van der Waals surface area contributed by atoms with Gasteiger partial charge in [-0.2, -0.15) is 0 Å². The summed E-state index contributed by atoms with van der Waals surface area (Å²) >= 11 is 6.41. The molecule has 206 valence electrons. The summed E-state index contributed by atoms with van der Waals surface area (Å²) in [7, 11) is 0. The molecule has 6 heteroatoms. The molecule has 2 fully saturated rings. The van der Waals surface area contributed by atoms with E-state index in [0.29, 0.717) is 28.5 Å². The van der Waals surface area contributed by atoms with Gasteiger partial charge in [-0.3, -0.25) is 0 Å². The van der Waals surface area contributed by atoms with Crippen molar-refractivity contribution in [2.24, 2.45) is 34.6 Å². The fraction of sp³-hybridized carbons (Fsp3) is 0.562. The third-order valence-electron chi connectivity index (χ3n) is 8.70. The number of benzene rings is 1. The molecule has 0 bridgehead atoms. The van der Waals surface area contributed by atoms with Crippen molar-refractivity contribution in [3.05, 3.63) is 64.7 Å². The van der Waals surface area contributed by atoms with Gasteiger partial charge in [-0.05, 0) is 112 Å². The predicted octanol–water partition coefficient (Wildman–Crippen LogP) is 9.85. The third-order valence-corrected chi connectivity index (χ3v) is 8.99. The molecule has 0 radical (unpaired) electrons. The second-order valence-electron chi connectivity index (χ2n) is 11.6. The summed E-state index contributed by atoms with van der Waals surface area (Å²) in [6, 6.07) is 5.64. The lowest BCUT2D eigenvalue weighted by Crippen LogP contribution is -2.22. The molecular formula is C32H42ClF2N3. The van der Waals surface area contributed by atoms with Crippen molar-refractivity contribution < 1.29 is 8.78 Å². The first-order valence-electron chi connectivity index (χ1n) is 14.3. The number of hydrogen-bond acceptors (Lipinski definition) is 3. The number of halogens is 3. The van der Waals surface area contributed by atoms with E-state index >= 15 is 0 Å². The molecule has 2 aromatic rings. The van der Waals surface area contributed by atoms with Crippen LogP contribution in [0.4, 0.5) is 20.4 Å². The molecule has 0 amide bonds. The van der Waals surface area contributed by atoms with E-state index in [1.807, 2.05) is 6.92 Å². The zero-order valence-corrected chi connectivity index (χ0v) is 23.8. The number of aromatic nitrogens is 1. The van der Waals surface area contributed by atoms with Gasteiger partial charge in [-0.15, -0.1) is 6.58 Å². The van der Waals surface area contributed by atoms with Crippen molar-refractivity contribution in [3.8, 4) is 0 Å². The van der Waals surface area contributed by atoms with Gasteiger partial charge < -0.3 is 5.32 Å². The van der Waals surface area contributed by atoms with E-state index in [1.165, 1.54) is 63.1 Å². The number of nitrogens with one attached hydrogen (secondary N) is 1. The highest BCUT2D eigenvalue weighted by atomic mass is 35.5. The standard InChI is InChI=1S/C32H42ClF2N3/c1-5-6-7-9-25(18-23-12-13-23)26-15-14-24(22(26)4)17-21(3)37-31-20(2)16-28(33)32(38-31)36-19-27-29(34)10-8-11-30(27)35/h5,8,10-11,16,22-26H,1,6-7,9,12-15,17-19H2,2-4H3,(H,36,38)/t22-,24?,25?,26?/m1/s1. The van der Waals surface area contributed by atoms with Crippen molar-refractivity contribution in [2.45, 2.75) is 85.1 Å². The van der Waals surface area contributed by atoms with Crippen LogP contribution in [0, 0.1) is 48.1 Å². The van der Waals surface area contributed by atoms with Crippen LogP contribution in [0.25, 0.3) is 0 Å². The van der Waals surface area contributed by atoms with Gasteiger partial charge in [0, 0.05) is 17.8 Å². The Morgan fingerprint density at radius 3 is 2.66 bits per heavy atom. The maximum Gasteiger partial charge on any atom is 0.157 e. The molecular weight excluding hydrogens is 500 g/mol. The SMILES string of the molecule is C=CCCCC(CC1CC1)C1CCC(CC(C)=Nc2nc(NCc3c(F)cccc3F)c(Cl)cc2C)[C@H]1C. The molecule has 3 nitrogen and oxygen atoms in total. The van der Waals surface area contributed by atoms with Crippen molar-refractivity contribution in [1.29, 1.82) is 0 Å². The van der Waals surface area contributed by atoms with E-state index in [0.717, 1.165) is 41.9 Å². The van der Waals surface area contributed by atoms with Gasteiger partial charge in [0.15, 0.2) is 5.82 Å². The Kier molecular flexibility index (Phi) is 9.97. The number of rotatable bonds is 13. The van der Waals surface area contributed by atoms with Gasteiger partial charge in [0.2, 0.25) is 0 Å². The summed E-state index contributed by atoms with van der Waals surface area (Å²) < 4.78 is 28.1. The lowest BCUT2D eigenvalue weighted by Gasteiger charge is -2.29. The van der Waals surface area contributed by atoms with Gasteiger partial charge in [-0.25, -0.2) is 18.8 Å². The molecule has 2 aliphatic rings. The highest BCUT2D eigenvalue weighted by Crippen LogP contribution is 2.48. The third kappa shape index (κ3) is 7.43.